The molecule has 0 aliphatic carbocycles. The van der Waals surface area contributed by atoms with E-state index in [4.69, 9.17) is 5.84 Å². The summed E-state index contributed by atoms with van der Waals surface area (Å²) >= 11 is 0. The molecular weight excluding hydrogens is 296 g/mol. The molecule has 0 bridgehead atoms. The summed E-state index contributed by atoms with van der Waals surface area (Å²) in [7, 11) is -3.97. The van der Waals surface area contributed by atoms with E-state index in [2.05, 4.69) is 5.43 Å². The summed E-state index contributed by atoms with van der Waals surface area (Å²) in [5.74, 6) is 5.25. The lowest BCUT2D eigenvalue weighted by molar-refractivity contribution is -0.387. The number of hydrogen-bond acceptors (Lipinski definition) is 6. The summed E-state index contributed by atoms with van der Waals surface area (Å²) in [4.78, 5) is 10.0. The molecule has 1 aromatic rings. The number of sulfonamides is 1. The first-order chi connectivity index (χ1) is 9.75. The fourth-order valence-electron chi connectivity index (χ4n) is 1.96. The number of hydrogen-bond donors (Lipinski definition) is 2. The van der Waals surface area contributed by atoms with Crippen LogP contribution in [0.25, 0.3) is 0 Å². The third-order valence-electron chi connectivity index (χ3n) is 2.93. The van der Waals surface area contributed by atoms with Crippen molar-refractivity contribution in [1.82, 2.24) is 4.31 Å². The van der Waals surface area contributed by atoms with Gasteiger partial charge in [-0.3, -0.25) is 16.0 Å². The predicted octanol–water partition coefficient (Wildman–Crippen LogP) is 1.69. The Kier molecular flexibility index (Phi) is 5.64. The Hall–Kier alpha value is -1.71. The zero-order chi connectivity index (χ0) is 16.2. The number of nitrogens with two attached hydrogens (primary N) is 1. The van der Waals surface area contributed by atoms with E-state index in [-0.39, 0.29) is 17.5 Å². The molecule has 0 aliphatic rings. The second-order valence-electron chi connectivity index (χ2n) is 4.79. The molecule has 21 heavy (non-hydrogen) atoms. The number of nitrogen functional groups attached to an aromatic ring is 1. The highest BCUT2D eigenvalue weighted by molar-refractivity contribution is 7.89. The van der Waals surface area contributed by atoms with Crippen LogP contribution in [0, 0.1) is 10.1 Å². The number of hydrazine groups is 1. The van der Waals surface area contributed by atoms with Crippen molar-refractivity contribution in [3.63, 3.8) is 0 Å². The van der Waals surface area contributed by atoms with Gasteiger partial charge in [0, 0.05) is 18.7 Å². The maximum Gasteiger partial charge on any atom is 0.289 e. The van der Waals surface area contributed by atoms with Gasteiger partial charge >= 0.3 is 0 Å². The first kappa shape index (κ1) is 17.3. The largest absolute Gasteiger partial charge is 0.324 e. The normalized spacial score (nSPS) is 11.9. The molecule has 0 aliphatic heterocycles. The minimum Gasteiger partial charge on any atom is -0.324 e. The lowest BCUT2D eigenvalue weighted by Gasteiger charge is -2.25. The molecule has 1 aromatic carbocycles. The van der Waals surface area contributed by atoms with Crippen molar-refractivity contribution in [2.75, 3.05) is 12.0 Å². The van der Waals surface area contributed by atoms with Crippen LogP contribution in [0.15, 0.2) is 23.1 Å². The number of nitro benzene ring substituents is 1. The molecule has 0 fully saturated rings. The third-order valence-corrected chi connectivity index (χ3v) is 5.03. The van der Waals surface area contributed by atoms with Gasteiger partial charge in [0.15, 0.2) is 4.90 Å². The Morgan fingerprint density at radius 1 is 1.43 bits per heavy atom. The molecule has 0 radical (unpaired) electrons. The zero-order valence-electron chi connectivity index (χ0n) is 12.2. The highest BCUT2D eigenvalue weighted by Crippen LogP contribution is 2.30. The molecule has 8 nitrogen and oxygen atoms in total. The van der Waals surface area contributed by atoms with Gasteiger partial charge in [-0.15, -0.1) is 0 Å². The third kappa shape index (κ3) is 3.69. The molecule has 0 spiro atoms. The fraction of sp³-hybridized carbons (Fsp3) is 0.500. The maximum atomic E-state index is 12.7. The van der Waals surface area contributed by atoms with Gasteiger partial charge in [0.2, 0.25) is 10.0 Å². The molecule has 0 atom stereocenters. The topological polar surface area (TPSA) is 119 Å². The highest BCUT2D eigenvalue weighted by Gasteiger charge is 2.33. The Morgan fingerprint density at radius 2 is 2.05 bits per heavy atom. The van der Waals surface area contributed by atoms with Gasteiger partial charge in [0.1, 0.15) is 0 Å². The standard InChI is InChI=1S/C12H20N4O4S/c1-4-7-15(9(2)3)21(19,20)12-8-10(14-13)5-6-11(12)16(17)18/h5-6,8-9,14H,4,7,13H2,1-3H3. The van der Waals surface area contributed by atoms with Crippen molar-refractivity contribution in [1.29, 1.82) is 0 Å². The van der Waals surface area contributed by atoms with Gasteiger partial charge in [0.05, 0.1) is 10.6 Å². The average Bonchev–Trinajstić information content (AvgIpc) is 2.43. The maximum absolute atomic E-state index is 12.7. The predicted molar refractivity (Wildman–Crippen MR) is 80.2 cm³/mol. The van der Waals surface area contributed by atoms with Crippen LogP contribution < -0.4 is 11.3 Å². The Morgan fingerprint density at radius 3 is 2.48 bits per heavy atom. The molecule has 0 saturated heterocycles. The molecule has 0 unspecified atom stereocenters. The number of nitro groups is 1. The van der Waals surface area contributed by atoms with Crippen LogP contribution in [0.5, 0.6) is 0 Å². The Bertz CT molecular complexity index is 616. The molecule has 118 valence electrons. The van der Waals surface area contributed by atoms with Crippen LogP contribution in [-0.2, 0) is 10.0 Å². The van der Waals surface area contributed by atoms with E-state index in [0.29, 0.717) is 12.1 Å². The van der Waals surface area contributed by atoms with Crippen molar-refractivity contribution in [3.05, 3.63) is 28.3 Å². The molecule has 3 N–H and O–H groups in total. The summed E-state index contributed by atoms with van der Waals surface area (Å²) in [5.41, 5.74) is 2.13. The first-order valence-corrected chi connectivity index (χ1v) is 7.96. The van der Waals surface area contributed by atoms with Crippen LogP contribution in [0.1, 0.15) is 27.2 Å². The fourth-order valence-corrected chi connectivity index (χ4v) is 3.88. The molecule has 0 heterocycles. The van der Waals surface area contributed by atoms with Gasteiger partial charge in [-0.05, 0) is 32.4 Å². The molecule has 0 saturated carbocycles. The number of rotatable bonds is 7. The van der Waals surface area contributed by atoms with Crippen LogP contribution in [-0.4, -0.2) is 30.2 Å². The second kappa shape index (κ2) is 6.83. The van der Waals surface area contributed by atoms with Crippen molar-refractivity contribution in [3.8, 4) is 0 Å². The van der Waals surface area contributed by atoms with E-state index >= 15 is 0 Å². The highest BCUT2D eigenvalue weighted by atomic mass is 32.2. The van der Waals surface area contributed by atoms with E-state index < -0.39 is 20.6 Å². The summed E-state index contributed by atoms with van der Waals surface area (Å²) < 4.78 is 26.7. The van der Waals surface area contributed by atoms with E-state index in [9.17, 15) is 18.5 Å². The molecule has 1 rings (SSSR count). The minimum absolute atomic E-state index is 0.289. The molecule has 0 aromatic heterocycles. The lowest BCUT2D eigenvalue weighted by atomic mass is 10.3. The first-order valence-electron chi connectivity index (χ1n) is 6.52. The van der Waals surface area contributed by atoms with E-state index in [1.807, 2.05) is 6.92 Å². The van der Waals surface area contributed by atoms with E-state index in [1.165, 1.54) is 16.4 Å². The number of nitrogens with zero attached hydrogens (tertiary/aromatic N) is 2. The van der Waals surface area contributed by atoms with Gasteiger partial charge in [0.25, 0.3) is 5.69 Å². The summed E-state index contributed by atoms with van der Waals surface area (Å²) in [6.07, 6.45) is 0.611. The lowest BCUT2D eigenvalue weighted by Crippen LogP contribution is -2.37. The monoisotopic (exact) mass is 316 g/mol. The summed E-state index contributed by atoms with van der Waals surface area (Å²) in [6, 6.07) is 3.37. The van der Waals surface area contributed by atoms with Gasteiger partial charge in [-0.25, -0.2) is 8.42 Å². The van der Waals surface area contributed by atoms with Crippen molar-refractivity contribution < 1.29 is 13.3 Å². The molecular formula is C12H20N4O4S. The van der Waals surface area contributed by atoms with Gasteiger partial charge < -0.3 is 5.43 Å². The zero-order valence-corrected chi connectivity index (χ0v) is 13.1. The van der Waals surface area contributed by atoms with Crippen molar-refractivity contribution in [2.24, 2.45) is 5.84 Å². The van der Waals surface area contributed by atoms with E-state index in [1.54, 1.807) is 13.8 Å². The molecule has 0 amide bonds. The van der Waals surface area contributed by atoms with Crippen LogP contribution in [0.4, 0.5) is 11.4 Å². The second-order valence-corrected chi connectivity index (χ2v) is 6.65. The number of benzene rings is 1. The van der Waals surface area contributed by atoms with Gasteiger partial charge in [-0.1, -0.05) is 6.92 Å². The quantitative estimate of drug-likeness (QED) is 0.449. The smallest absolute Gasteiger partial charge is 0.289 e. The Labute approximate surface area is 124 Å². The molecule has 9 heteroatoms. The van der Waals surface area contributed by atoms with Crippen molar-refractivity contribution in [2.45, 2.75) is 38.1 Å². The van der Waals surface area contributed by atoms with Crippen LogP contribution >= 0.6 is 0 Å². The van der Waals surface area contributed by atoms with Gasteiger partial charge in [-0.2, -0.15) is 4.31 Å². The minimum atomic E-state index is -3.97. The summed E-state index contributed by atoms with van der Waals surface area (Å²) in [6.45, 7) is 5.59. The SMILES string of the molecule is CCCN(C(C)C)S(=O)(=O)c1cc(NN)ccc1[N+](=O)[O-]. The number of nitrogens with one attached hydrogen (secondary N) is 1. The van der Waals surface area contributed by atoms with Crippen LogP contribution in [0.2, 0.25) is 0 Å². The van der Waals surface area contributed by atoms with Crippen molar-refractivity contribution >= 4 is 21.4 Å². The number of anilines is 1. The van der Waals surface area contributed by atoms with Crippen LogP contribution in [0.3, 0.4) is 0 Å². The Balaban J connectivity index is 3.50. The van der Waals surface area contributed by atoms with E-state index in [0.717, 1.165) is 6.07 Å². The average molecular weight is 316 g/mol. The summed E-state index contributed by atoms with van der Waals surface area (Å²) in [5, 5.41) is 11.1.